The number of aromatic amines is 1. The van der Waals surface area contributed by atoms with Crippen LogP contribution in [0.15, 0.2) is 65.6 Å². The van der Waals surface area contributed by atoms with E-state index in [2.05, 4.69) is 49.0 Å². The van der Waals surface area contributed by atoms with Crippen molar-refractivity contribution in [1.82, 2.24) is 0 Å². The number of nitrogens with zero attached hydrogens (tertiary/aromatic N) is 2. The van der Waals surface area contributed by atoms with Crippen molar-refractivity contribution in [3.05, 3.63) is 78.5 Å². The van der Waals surface area contributed by atoms with Crippen molar-refractivity contribution < 1.29 is 18.9 Å². The minimum Gasteiger partial charge on any atom is -0.494 e. The number of benzene rings is 2. The van der Waals surface area contributed by atoms with Crippen molar-refractivity contribution in [3.63, 3.8) is 0 Å². The zero-order valence-corrected chi connectivity index (χ0v) is 23.2. The highest BCUT2D eigenvalue weighted by Crippen LogP contribution is 2.35. The number of ketones is 1. The van der Waals surface area contributed by atoms with Gasteiger partial charge in [-0.15, -0.1) is 0 Å². The van der Waals surface area contributed by atoms with E-state index in [-0.39, 0.29) is 28.3 Å². The lowest BCUT2D eigenvalue weighted by atomic mass is 9.97. The molecule has 4 rings (SSSR count). The molecule has 0 saturated heterocycles. The maximum absolute atomic E-state index is 13.0. The van der Waals surface area contributed by atoms with Crippen LogP contribution in [0.4, 0.5) is 5.82 Å². The van der Waals surface area contributed by atoms with Crippen LogP contribution in [0.1, 0.15) is 28.4 Å². The molecule has 0 aliphatic carbocycles. The second-order valence-electron chi connectivity index (χ2n) is 7.64. The Bertz CT molecular complexity index is 1690. The molecule has 0 atom stereocenters. The molecule has 0 aliphatic rings. The first-order valence-electron chi connectivity index (χ1n) is 10.8. The molecule has 0 saturated carbocycles. The van der Waals surface area contributed by atoms with E-state index in [0.717, 1.165) is 16.2 Å². The Balaban J connectivity index is 1.71. The lowest BCUT2D eigenvalue weighted by Gasteiger charge is -2.11. The maximum atomic E-state index is 13.0. The SMILES string of the molecule is CCOc1ccc(-c2c(C#N)c(N)[nH+]c(SCC(=O)c3cc4cc(Br)cc(Br)c4oc3=O)c2C#N)cc1. The number of nitriles is 2. The van der Waals surface area contributed by atoms with Crippen molar-refractivity contribution in [2.24, 2.45) is 0 Å². The van der Waals surface area contributed by atoms with Crippen molar-refractivity contribution in [2.45, 2.75) is 11.9 Å². The number of nitrogen functional groups attached to an aromatic ring is 1. The Morgan fingerprint density at radius 1 is 1.14 bits per heavy atom. The molecule has 184 valence electrons. The number of hydrogen-bond acceptors (Lipinski definition) is 8. The molecule has 0 amide bonds. The topological polar surface area (TPSA) is 144 Å². The molecule has 0 fully saturated rings. The quantitative estimate of drug-likeness (QED) is 0.158. The molecule has 2 aromatic heterocycles. The number of carbonyl (C=O) groups excluding carboxylic acids is 1. The monoisotopic (exact) mass is 639 g/mol. The summed E-state index contributed by atoms with van der Waals surface area (Å²) in [5.41, 5.74) is 6.78. The molecule has 0 spiro atoms. The summed E-state index contributed by atoms with van der Waals surface area (Å²) >= 11 is 7.74. The van der Waals surface area contributed by atoms with Crippen LogP contribution in [0, 0.1) is 22.7 Å². The first kappa shape index (κ1) is 26.4. The Hall–Kier alpha value is -3.64. The Morgan fingerprint density at radius 3 is 2.49 bits per heavy atom. The number of Topliss-reactive ketones (excluding diaryl/α,β-unsaturated/α-hetero) is 1. The van der Waals surface area contributed by atoms with Gasteiger partial charge in [0.1, 0.15) is 34.6 Å². The Kier molecular flexibility index (Phi) is 7.98. The van der Waals surface area contributed by atoms with E-state index < -0.39 is 11.4 Å². The summed E-state index contributed by atoms with van der Waals surface area (Å²) in [5, 5.41) is 20.6. The predicted octanol–water partition coefficient (Wildman–Crippen LogP) is 5.50. The molecule has 11 heteroatoms. The summed E-state index contributed by atoms with van der Waals surface area (Å²) in [7, 11) is 0. The third-order valence-corrected chi connectivity index (χ3v) is 7.37. The number of pyridine rings is 1. The number of aromatic nitrogens is 1. The minimum atomic E-state index is -0.764. The van der Waals surface area contributed by atoms with Gasteiger partial charge in [0, 0.05) is 15.4 Å². The van der Waals surface area contributed by atoms with E-state index in [1.807, 2.05) is 6.92 Å². The summed E-state index contributed by atoms with van der Waals surface area (Å²) < 4.78 is 12.2. The van der Waals surface area contributed by atoms with Crippen LogP contribution < -0.4 is 21.1 Å². The van der Waals surface area contributed by atoms with Gasteiger partial charge in [0.25, 0.3) is 5.82 Å². The van der Waals surface area contributed by atoms with Crippen LogP contribution in [0.25, 0.3) is 22.1 Å². The van der Waals surface area contributed by atoms with Gasteiger partial charge in [-0.25, -0.2) is 9.78 Å². The summed E-state index contributed by atoms with van der Waals surface area (Å²) in [6, 6.07) is 16.1. The number of hydrogen-bond donors (Lipinski definition) is 1. The molecule has 0 aliphatic heterocycles. The lowest BCUT2D eigenvalue weighted by molar-refractivity contribution is -0.410. The van der Waals surface area contributed by atoms with E-state index in [1.165, 1.54) is 6.07 Å². The predicted molar refractivity (Wildman–Crippen MR) is 146 cm³/mol. The third kappa shape index (κ3) is 5.39. The van der Waals surface area contributed by atoms with Crippen LogP contribution in [-0.2, 0) is 0 Å². The summed E-state index contributed by atoms with van der Waals surface area (Å²) in [6.07, 6.45) is 0. The standard InChI is InChI=1S/C26H16Br2N4O4S/c1-2-35-16-5-3-13(4-6-16)22-18(10-29)24(31)32-25(19(22)11-30)37-12-21(33)17-8-14-7-15(27)9-20(28)23(14)36-26(17)34/h3-9H,2,12H2,1H3,(H2,31,32)/p+1. The van der Waals surface area contributed by atoms with Gasteiger partial charge in [0.05, 0.1) is 16.8 Å². The van der Waals surface area contributed by atoms with E-state index in [1.54, 1.807) is 36.4 Å². The molecule has 2 heterocycles. The van der Waals surface area contributed by atoms with Gasteiger partial charge in [0.2, 0.25) is 0 Å². The second-order valence-corrected chi connectivity index (χ2v) is 10.4. The van der Waals surface area contributed by atoms with Gasteiger partial charge >= 0.3 is 5.63 Å². The van der Waals surface area contributed by atoms with Crippen molar-refractivity contribution in [2.75, 3.05) is 18.1 Å². The van der Waals surface area contributed by atoms with E-state index in [9.17, 15) is 20.1 Å². The number of rotatable bonds is 7. The van der Waals surface area contributed by atoms with E-state index >= 15 is 0 Å². The second kappa shape index (κ2) is 11.2. The molecule has 0 bridgehead atoms. The number of carbonyl (C=O) groups is 1. The smallest absolute Gasteiger partial charge is 0.347 e. The Morgan fingerprint density at radius 2 is 1.84 bits per heavy atom. The molecule has 8 nitrogen and oxygen atoms in total. The largest absolute Gasteiger partial charge is 0.494 e. The van der Waals surface area contributed by atoms with Crippen molar-refractivity contribution >= 4 is 66.2 Å². The number of fused-ring (bicyclic) bond motifs is 1. The van der Waals surface area contributed by atoms with Crippen LogP contribution in [-0.4, -0.2) is 18.1 Å². The van der Waals surface area contributed by atoms with Gasteiger partial charge in [0.15, 0.2) is 16.4 Å². The third-order valence-electron chi connectivity index (χ3n) is 5.32. The highest BCUT2D eigenvalue weighted by Gasteiger charge is 2.25. The molecular weight excluding hydrogens is 624 g/mol. The maximum Gasteiger partial charge on any atom is 0.347 e. The molecule has 37 heavy (non-hydrogen) atoms. The molecule has 3 N–H and O–H groups in total. The van der Waals surface area contributed by atoms with Crippen LogP contribution in [0.2, 0.25) is 0 Å². The van der Waals surface area contributed by atoms with Gasteiger partial charge in [-0.05, 0) is 58.7 Å². The Labute approximate surface area is 232 Å². The minimum absolute atomic E-state index is 0.0558. The number of ether oxygens (including phenoxy) is 1. The number of thioether (sulfide) groups is 1. The van der Waals surface area contributed by atoms with Crippen LogP contribution in [0.3, 0.4) is 0 Å². The fourth-order valence-corrected chi connectivity index (χ4v) is 5.94. The number of halogens is 2. The lowest BCUT2D eigenvalue weighted by Crippen LogP contribution is -2.20. The number of H-pyrrole nitrogens is 1. The van der Waals surface area contributed by atoms with Crippen molar-refractivity contribution in [3.8, 4) is 29.0 Å². The van der Waals surface area contributed by atoms with E-state index in [0.29, 0.717) is 44.0 Å². The fourth-order valence-electron chi connectivity index (χ4n) is 3.69. The van der Waals surface area contributed by atoms with Gasteiger partial charge in [-0.1, -0.05) is 39.8 Å². The highest BCUT2D eigenvalue weighted by molar-refractivity contribution is 9.11. The molecule has 4 aromatic rings. The van der Waals surface area contributed by atoms with Gasteiger partial charge < -0.3 is 9.15 Å². The zero-order valence-electron chi connectivity index (χ0n) is 19.2. The first-order valence-corrected chi connectivity index (χ1v) is 13.4. The molecular formula is C26H17Br2N4O4S+. The average molecular weight is 641 g/mol. The van der Waals surface area contributed by atoms with Crippen LogP contribution >= 0.6 is 43.6 Å². The number of nitrogens with two attached hydrogens (primary N) is 1. The zero-order chi connectivity index (χ0) is 26.7. The van der Waals surface area contributed by atoms with Crippen LogP contribution in [0.5, 0.6) is 5.75 Å². The average Bonchev–Trinajstić information content (AvgIpc) is 2.87. The number of anilines is 1. The summed E-state index contributed by atoms with van der Waals surface area (Å²) in [4.78, 5) is 28.4. The molecule has 0 radical (unpaired) electrons. The molecule has 0 unspecified atom stereocenters. The summed E-state index contributed by atoms with van der Waals surface area (Å²) in [5.74, 6) is 0.0389. The summed E-state index contributed by atoms with van der Waals surface area (Å²) in [6.45, 7) is 2.37. The molecule has 2 aromatic carbocycles. The van der Waals surface area contributed by atoms with Gasteiger partial charge in [-0.3, -0.25) is 10.5 Å². The normalized spacial score (nSPS) is 10.6. The number of nitrogens with one attached hydrogen (secondary N) is 1. The highest BCUT2D eigenvalue weighted by atomic mass is 79.9. The van der Waals surface area contributed by atoms with Gasteiger partial charge in [-0.2, -0.15) is 10.5 Å². The van der Waals surface area contributed by atoms with Crippen molar-refractivity contribution in [1.29, 1.82) is 10.5 Å². The first-order chi connectivity index (χ1) is 17.8. The fraction of sp³-hybridized carbons (Fsp3) is 0.115. The van der Waals surface area contributed by atoms with E-state index in [4.69, 9.17) is 14.9 Å².